The van der Waals surface area contributed by atoms with Gasteiger partial charge in [0.1, 0.15) is 7.14 Å². The molecule has 4 nitrogen and oxygen atoms in total. The lowest BCUT2D eigenvalue weighted by Gasteiger charge is -2.11. The second-order valence-corrected chi connectivity index (χ2v) is 6.64. The number of hydrogen-bond acceptors (Lipinski definition) is 4. The Hall–Kier alpha value is -1.46. The predicted molar refractivity (Wildman–Crippen MR) is 59.1 cm³/mol. The van der Waals surface area contributed by atoms with Crippen molar-refractivity contribution in [3.63, 3.8) is 0 Å². The van der Waals surface area contributed by atoms with Gasteiger partial charge in [-0.1, -0.05) is 0 Å². The van der Waals surface area contributed by atoms with Crippen LogP contribution in [0, 0.1) is 11.3 Å². The van der Waals surface area contributed by atoms with Crippen molar-refractivity contribution in [3.8, 4) is 6.07 Å². The third-order valence-electron chi connectivity index (χ3n) is 1.90. The molecule has 0 aliphatic rings. The number of rotatable bonds is 1. The van der Waals surface area contributed by atoms with Crippen LogP contribution < -0.4 is 16.8 Å². The molecule has 0 heterocycles. The van der Waals surface area contributed by atoms with E-state index in [9.17, 15) is 4.57 Å². The van der Waals surface area contributed by atoms with Gasteiger partial charge in [-0.05, 0) is 25.5 Å². The average molecular weight is 209 g/mol. The summed E-state index contributed by atoms with van der Waals surface area (Å²) in [6, 6.07) is 4.95. The number of nitrogens with zero attached hydrogens (tertiary/aromatic N) is 1. The number of benzene rings is 1. The first-order valence-corrected chi connectivity index (χ1v) is 6.61. The molecule has 0 amide bonds. The monoisotopic (exact) mass is 209 g/mol. The molecular formula is C9H12N3OP. The first-order chi connectivity index (χ1) is 6.36. The molecule has 1 aromatic carbocycles. The zero-order valence-corrected chi connectivity index (χ0v) is 9.01. The van der Waals surface area contributed by atoms with Crippen molar-refractivity contribution in [3.05, 3.63) is 17.7 Å². The first-order valence-electron chi connectivity index (χ1n) is 4.01. The largest absolute Gasteiger partial charge is 0.397 e. The zero-order chi connectivity index (χ0) is 10.9. The fourth-order valence-corrected chi connectivity index (χ4v) is 2.30. The average Bonchev–Trinajstić information content (AvgIpc) is 2.07. The van der Waals surface area contributed by atoms with E-state index in [1.165, 1.54) is 12.1 Å². The standard InChI is InChI=1S/C9H12N3OP/c1-14(2,13)9-4-8(12)7(11)3-6(9)5-10/h3-4H,11-12H2,1-2H3. The van der Waals surface area contributed by atoms with Gasteiger partial charge in [0.05, 0.1) is 23.0 Å². The molecule has 0 saturated carbocycles. The van der Waals surface area contributed by atoms with Crippen LogP contribution in [0.1, 0.15) is 5.56 Å². The Morgan fingerprint density at radius 2 is 1.79 bits per heavy atom. The molecular weight excluding hydrogens is 197 g/mol. The maximum absolute atomic E-state index is 11.8. The minimum absolute atomic E-state index is 0.338. The van der Waals surface area contributed by atoms with Gasteiger partial charge in [0.2, 0.25) is 0 Å². The molecule has 0 spiro atoms. The Kier molecular flexibility index (Phi) is 2.55. The fraction of sp³-hybridized carbons (Fsp3) is 0.222. The number of nitriles is 1. The van der Waals surface area contributed by atoms with Crippen molar-refractivity contribution in [2.45, 2.75) is 0 Å². The number of nitrogens with two attached hydrogens (primary N) is 2. The highest BCUT2D eigenvalue weighted by molar-refractivity contribution is 7.70. The van der Waals surface area contributed by atoms with Gasteiger partial charge >= 0.3 is 0 Å². The number of hydrogen-bond donors (Lipinski definition) is 2. The van der Waals surface area contributed by atoms with E-state index < -0.39 is 7.14 Å². The van der Waals surface area contributed by atoms with Crippen LogP contribution in [0.2, 0.25) is 0 Å². The van der Waals surface area contributed by atoms with Crippen molar-refractivity contribution in [1.82, 2.24) is 0 Å². The Bertz CT molecular complexity index is 456. The van der Waals surface area contributed by atoms with E-state index in [1.807, 2.05) is 6.07 Å². The highest BCUT2D eigenvalue weighted by Crippen LogP contribution is 2.37. The molecule has 0 atom stereocenters. The van der Waals surface area contributed by atoms with Gasteiger partial charge in [-0.15, -0.1) is 0 Å². The summed E-state index contributed by atoms with van der Waals surface area (Å²) in [6.45, 7) is 3.19. The lowest BCUT2D eigenvalue weighted by molar-refractivity contribution is 0.588. The molecule has 0 aromatic heterocycles. The second kappa shape index (κ2) is 3.36. The lowest BCUT2D eigenvalue weighted by Crippen LogP contribution is -2.11. The van der Waals surface area contributed by atoms with E-state index in [2.05, 4.69) is 0 Å². The van der Waals surface area contributed by atoms with Crippen LogP contribution in [0.15, 0.2) is 12.1 Å². The Labute approximate surface area is 82.9 Å². The Balaban J connectivity index is 3.53. The maximum Gasteiger partial charge on any atom is 0.111 e. The predicted octanol–water partition coefficient (Wildman–Crippen LogP) is 0.971. The van der Waals surface area contributed by atoms with Crippen molar-refractivity contribution in [1.29, 1.82) is 5.26 Å². The molecule has 0 bridgehead atoms. The smallest absolute Gasteiger partial charge is 0.111 e. The van der Waals surface area contributed by atoms with E-state index in [0.29, 0.717) is 22.2 Å². The lowest BCUT2D eigenvalue weighted by atomic mass is 10.2. The van der Waals surface area contributed by atoms with Gasteiger partial charge in [-0.25, -0.2) is 0 Å². The molecule has 0 unspecified atom stereocenters. The summed E-state index contributed by atoms with van der Waals surface area (Å²) in [5.74, 6) is 0. The highest BCUT2D eigenvalue weighted by atomic mass is 31.2. The second-order valence-electron chi connectivity index (χ2n) is 3.46. The van der Waals surface area contributed by atoms with Crippen LogP contribution in [0.3, 0.4) is 0 Å². The van der Waals surface area contributed by atoms with Gasteiger partial charge < -0.3 is 16.0 Å². The molecule has 4 N–H and O–H groups in total. The third kappa shape index (κ3) is 1.89. The van der Waals surface area contributed by atoms with Crippen LogP contribution >= 0.6 is 7.14 Å². The first kappa shape index (κ1) is 10.6. The summed E-state index contributed by atoms with van der Waals surface area (Å²) in [5.41, 5.74) is 12.2. The topological polar surface area (TPSA) is 92.9 Å². The summed E-state index contributed by atoms with van der Waals surface area (Å²) in [4.78, 5) is 0. The summed E-state index contributed by atoms with van der Waals surface area (Å²) in [7, 11) is -2.48. The molecule has 14 heavy (non-hydrogen) atoms. The summed E-state index contributed by atoms with van der Waals surface area (Å²) < 4.78 is 11.8. The van der Waals surface area contributed by atoms with Crippen LogP contribution in [0.25, 0.3) is 0 Å². The van der Waals surface area contributed by atoms with Crippen LogP contribution in [0.5, 0.6) is 0 Å². The Morgan fingerprint density at radius 1 is 1.29 bits per heavy atom. The Morgan fingerprint density at radius 3 is 2.21 bits per heavy atom. The van der Waals surface area contributed by atoms with Gasteiger partial charge in [0.15, 0.2) is 0 Å². The fourth-order valence-electron chi connectivity index (χ4n) is 1.16. The van der Waals surface area contributed by atoms with Gasteiger partial charge in [-0.2, -0.15) is 5.26 Å². The van der Waals surface area contributed by atoms with Crippen molar-refractivity contribution in [2.24, 2.45) is 0 Å². The molecule has 0 saturated heterocycles. The molecule has 1 rings (SSSR count). The van der Waals surface area contributed by atoms with E-state index in [-0.39, 0.29) is 0 Å². The van der Waals surface area contributed by atoms with Crippen molar-refractivity contribution in [2.75, 3.05) is 24.8 Å². The molecule has 0 aliphatic carbocycles. The van der Waals surface area contributed by atoms with E-state index in [4.69, 9.17) is 16.7 Å². The van der Waals surface area contributed by atoms with Gasteiger partial charge in [0, 0.05) is 5.30 Å². The molecule has 74 valence electrons. The minimum atomic E-state index is -2.48. The summed E-state index contributed by atoms with van der Waals surface area (Å²) in [6.07, 6.45) is 0. The number of nitrogen functional groups attached to an aromatic ring is 2. The number of anilines is 2. The van der Waals surface area contributed by atoms with Crippen molar-refractivity contribution < 1.29 is 4.57 Å². The van der Waals surface area contributed by atoms with E-state index >= 15 is 0 Å². The SMILES string of the molecule is CP(C)(=O)c1cc(N)c(N)cc1C#N. The summed E-state index contributed by atoms with van der Waals surface area (Å²) in [5, 5.41) is 9.32. The van der Waals surface area contributed by atoms with Crippen LogP contribution in [0.4, 0.5) is 11.4 Å². The van der Waals surface area contributed by atoms with Crippen molar-refractivity contribution >= 4 is 23.8 Å². The normalized spacial score (nSPS) is 10.9. The van der Waals surface area contributed by atoms with Crippen LogP contribution in [-0.4, -0.2) is 13.3 Å². The molecule has 0 aliphatic heterocycles. The molecule has 5 heteroatoms. The van der Waals surface area contributed by atoms with E-state index in [1.54, 1.807) is 13.3 Å². The zero-order valence-electron chi connectivity index (χ0n) is 8.11. The minimum Gasteiger partial charge on any atom is -0.397 e. The quantitative estimate of drug-likeness (QED) is 0.532. The highest BCUT2D eigenvalue weighted by Gasteiger charge is 2.17. The third-order valence-corrected chi connectivity index (χ3v) is 3.43. The molecule has 1 aromatic rings. The molecule has 0 radical (unpaired) electrons. The van der Waals surface area contributed by atoms with Gasteiger partial charge in [-0.3, -0.25) is 0 Å². The van der Waals surface area contributed by atoms with E-state index in [0.717, 1.165) is 0 Å². The van der Waals surface area contributed by atoms with Crippen LogP contribution in [-0.2, 0) is 4.57 Å². The maximum atomic E-state index is 11.8. The summed E-state index contributed by atoms with van der Waals surface area (Å²) >= 11 is 0. The molecule has 0 fully saturated rings. The van der Waals surface area contributed by atoms with Gasteiger partial charge in [0.25, 0.3) is 0 Å².